The van der Waals surface area contributed by atoms with Crippen LogP contribution in [0.25, 0.3) is 0 Å². The molecule has 140 valence electrons. The fourth-order valence-corrected chi connectivity index (χ4v) is 2.75. The quantitative estimate of drug-likeness (QED) is 0.469. The van der Waals surface area contributed by atoms with Crippen molar-refractivity contribution in [3.8, 4) is 5.75 Å². The number of aromatic hydroxyl groups is 1. The molecule has 0 aromatic heterocycles. The van der Waals surface area contributed by atoms with Crippen molar-refractivity contribution < 1.29 is 19.8 Å². The number of hydrogen-bond acceptors (Lipinski definition) is 3. The van der Waals surface area contributed by atoms with E-state index in [0.29, 0.717) is 6.42 Å². The molecule has 0 unspecified atom stereocenters. The van der Waals surface area contributed by atoms with E-state index in [1.54, 1.807) is 12.1 Å². The second-order valence-corrected chi connectivity index (χ2v) is 6.55. The summed E-state index contributed by atoms with van der Waals surface area (Å²) in [5, 5.41) is 21.1. The van der Waals surface area contributed by atoms with Crippen LogP contribution in [-0.4, -0.2) is 28.1 Å². The summed E-state index contributed by atoms with van der Waals surface area (Å²) in [4.78, 5) is 23.3. The zero-order valence-corrected chi connectivity index (χ0v) is 15.2. The van der Waals surface area contributed by atoms with Gasteiger partial charge in [0.05, 0.1) is 0 Å². The number of carbonyl (C=O) groups is 2. The number of phenolic OH excluding ortho intramolecular Hbond substituents is 1. The summed E-state index contributed by atoms with van der Waals surface area (Å²) in [5.74, 6) is -1.12. The minimum Gasteiger partial charge on any atom is -0.508 e. The predicted octanol–water partition coefficient (Wildman–Crippen LogP) is 4.03. The highest BCUT2D eigenvalue weighted by Crippen LogP contribution is 2.12. The zero-order chi connectivity index (χ0) is 18.5. The first-order valence-corrected chi connectivity index (χ1v) is 9.33. The number of hydrogen-bond donors (Lipinski definition) is 3. The van der Waals surface area contributed by atoms with Gasteiger partial charge in [-0.3, -0.25) is 4.79 Å². The van der Waals surface area contributed by atoms with Crippen LogP contribution in [0, 0.1) is 0 Å². The van der Waals surface area contributed by atoms with Gasteiger partial charge in [0.2, 0.25) is 5.91 Å². The van der Waals surface area contributed by atoms with Gasteiger partial charge in [0, 0.05) is 12.8 Å². The number of amides is 1. The van der Waals surface area contributed by atoms with Gasteiger partial charge in [-0.15, -0.1) is 0 Å². The van der Waals surface area contributed by atoms with Gasteiger partial charge in [-0.05, 0) is 24.1 Å². The summed E-state index contributed by atoms with van der Waals surface area (Å²) in [6, 6.07) is 5.41. The van der Waals surface area contributed by atoms with E-state index in [2.05, 4.69) is 12.2 Å². The van der Waals surface area contributed by atoms with Crippen LogP contribution >= 0.6 is 0 Å². The average Bonchev–Trinajstić information content (AvgIpc) is 2.58. The largest absolute Gasteiger partial charge is 0.508 e. The molecule has 0 radical (unpaired) electrons. The molecule has 1 aromatic carbocycles. The minimum atomic E-state index is -1.04. The first-order chi connectivity index (χ1) is 12.0. The molecule has 0 aliphatic carbocycles. The third kappa shape index (κ3) is 9.75. The topological polar surface area (TPSA) is 86.6 Å². The highest BCUT2D eigenvalue weighted by atomic mass is 16.4. The van der Waals surface area contributed by atoms with Crippen molar-refractivity contribution in [1.29, 1.82) is 0 Å². The van der Waals surface area contributed by atoms with Gasteiger partial charge in [0.25, 0.3) is 0 Å². The van der Waals surface area contributed by atoms with Gasteiger partial charge in [-0.2, -0.15) is 0 Å². The van der Waals surface area contributed by atoms with E-state index < -0.39 is 12.0 Å². The summed E-state index contributed by atoms with van der Waals surface area (Å²) < 4.78 is 0. The number of carbonyl (C=O) groups excluding carboxylic acids is 1. The summed E-state index contributed by atoms with van der Waals surface area (Å²) in [6.07, 6.45) is 9.80. The first kappa shape index (κ1) is 21.0. The zero-order valence-electron chi connectivity index (χ0n) is 15.2. The molecule has 25 heavy (non-hydrogen) atoms. The third-order valence-corrected chi connectivity index (χ3v) is 4.27. The lowest BCUT2D eigenvalue weighted by Crippen LogP contribution is -2.42. The third-order valence-electron chi connectivity index (χ3n) is 4.27. The molecule has 0 bridgehead atoms. The number of carboxylic acid groups (broad SMARTS) is 1. The van der Waals surface area contributed by atoms with Crippen LogP contribution in [0.15, 0.2) is 24.3 Å². The summed E-state index contributed by atoms with van der Waals surface area (Å²) in [5.41, 5.74) is 0.762. The molecular formula is C20H31NO4. The van der Waals surface area contributed by atoms with Crippen LogP contribution < -0.4 is 5.32 Å². The van der Waals surface area contributed by atoms with Crippen LogP contribution in [0.3, 0.4) is 0 Å². The Bertz CT molecular complexity index is 513. The van der Waals surface area contributed by atoms with Crippen molar-refractivity contribution in [2.24, 2.45) is 0 Å². The molecule has 3 N–H and O–H groups in total. The summed E-state index contributed by atoms with van der Waals surface area (Å²) >= 11 is 0. The van der Waals surface area contributed by atoms with Gasteiger partial charge >= 0.3 is 5.97 Å². The smallest absolute Gasteiger partial charge is 0.326 e. The lowest BCUT2D eigenvalue weighted by Gasteiger charge is -2.14. The van der Waals surface area contributed by atoms with E-state index in [-0.39, 0.29) is 18.1 Å². The second kappa shape index (κ2) is 12.3. The minimum absolute atomic E-state index is 0.134. The normalized spacial score (nSPS) is 11.9. The summed E-state index contributed by atoms with van der Waals surface area (Å²) in [6.45, 7) is 2.20. The Kier molecular flexibility index (Phi) is 10.4. The number of unbranched alkanes of at least 4 members (excludes halogenated alkanes) is 7. The van der Waals surface area contributed by atoms with Crippen molar-refractivity contribution in [1.82, 2.24) is 5.32 Å². The molecule has 0 aliphatic heterocycles. The van der Waals surface area contributed by atoms with Crippen molar-refractivity contribution in [3.63, 3.8) is 0 Å². The average molecular weight is 349 g/mol. The maximum atomic E-state index is 12.0. The molecule has 0 saturated heterocycles. The Balaban J connectivity index is 2.25. The van der Waals surface area contributed by atoms with Crippen LogP contribution in [0.5, 0.6) is 5.75 Å². The Morgan fingerprint density at radius 1 is 0.960 bits per heavy atom. The van der Waals surface area contributed by atoms with Crippen molar-refractivity contribution >= 4 is 11.9 Å². The van der Waals surface area contributed by atoms with Gasteiger partial charge in [0.1, 0.15) is 11.8 Å². The van der Waals surface area contributed by atoms with Gasteiger partial charge in [-0.1, -0.05) is 64.0 Å². The molecule has 1 amide bonds. The van der Waals surface area contributed by atoms with Crippen molar-refractivity contribution in [2.75, 3.05) is 0 Å². The number of phenols is 1. The number of nitrogens with one attached hydrogen (secondary N) is 1. The molecule has 5 heteroatoms. The Labute approximate surface area is 150 Å². The number of aliphatic carboxylic acids is 1. The van der Waals surface area contributed by atoms with E-state index in [9.17, 15) is 19.8 Å². The van der Waals surface area contributed by atoms with E-state index in [0.717, 1.165) is 24.8 Å². The van der Waals surface area contributed by atoms with Gasteiger partial charge in [0.15, 0.2) is 0 Å². The monoisotopic (exact) mass is 349 g/mol. The van der Waals surface area contributed by atoms with Crippen LogP contribution in [0.4, 0.5) is 0 Å². The van der Waals surface area contributed by atoms with Crippen molar-refractivity contribution in [3.05, 3.63) is 29.8 Å². The number of carboxylic acids is 1. The second-order valence-electron chi connectivity index (χ2n) is 6.55. The van der Waals surface area contributed by atoms with Crippen LogP contribution in [0.2, 0.25) is 0 Å². The highest BCUT2D eigenvalue weighted by Gasteiger charge is 2.20. The molecule has 0 heterocycles. The highest BCUT2D eigenvalue weighted by molar-refractivity contribution is 5.83. The Morgan fingerprint density at radius 3 is 2.08 bits per heavy atom. The lowest BCUT2D eigenvalue weighted by atomic mass is 10.0. The molecule has 1 rings (SSSR count). The molecular weight excluding hydrogens is 318 g/mol. The lowest BCUT2D eigenvalue weighted by molar-refractivity contribution is -0.141. The molecule has 1 aromatic rings. The standard InChI is InChI=1S/C20H31NO4/c1-2-3-4-5-6-7-8-9-10-19(23)21-18(20(24)25)15-16-11-13-17(22)14-12-16/h11-14,18,22H,2-10,15H2,1H3,(H,21,23)(H,24,25)/t18-/m1/s1. The molecule has 0 aliphatic rings. The Hall–Kier alpha value is -2.04. The van der Waals surface area contributed by atoms with E-state index in [4.69, 9.17) is 0 Å². The SMILES string of the molecule is CCCCCCCCCCC(=O)N[C@H](Cc1ccc(O)cc1)C(=O)O. The summed E-state index contributed by atoms with van der Waals surface area (Å²) in [7, 11) is 0. The molecule has 5 nitrogen and oxygen atoms in total. The van der Waals surface area contributed by atoms with Crippen molar-refractivity contribution in [2.45, 2.75) is 77.2 Å². The van der Waals surface area contributed by atoms with Gasteiger partial charge in [-0.25, -0.2) is 4.79 Å². The van der Waals surface area contributed by atoms with Crippen LogP contribution in [0.1, 0.15) is 70.3 Å². The van der Waals surface area contributed by atoms with Gasteiger partial charge < -0.3 is 15.5 Å². The predicted molar refractivity (Wildman–Crippen MR) is 98.6 cm³/mol. The van der Waals surface area contributed by atoms with E-state index in [1.165, 1.54) is 44.2 Å². The van der Waals surface area contributed by atoms with E-state index >= 15 is 0 Å². The first-order valence-electron chi connectivity index (χ1n) is 9.33. The molecule has 1 atom stereocenters. The maximum Gasteiger partial charge on any atom is 0.326 e. The number of rotatable bonds is 13. The maximum absolute atomic E-state index is 12.0. The Morgan fingerprint density at radius 2 is 1.52 bits per heavy atom. The fraction of sp³-hybridized carbons (Fsp3) is 0.600. The molecule has 0 saturated carbocycles. The van der Waals surface area contributed by atoms with Crippen LogP contribution in [-0.2, 0) is 16.0 Å². The fourth-order valence-electron chi connectivity index (χ4n) is 2.75. The number of benzene rings is 1. The molecule has 0 fully saturated rings. The van der Waals surface area contributed by atoms with E-state index in [1.807, 2.05) is 0 Å². The molecule has 0 spiro atoms.